The first kappa shape index (κ1) is 24.1. The van der Waals surface area contributed by atoms with Crippen LogP contribution < -0.4 is 4.74 Å². The van der Waals surface area contributed by atoms with Crippen LogP contribution in [0.1, 0.15) is 88.2 Å². The quantitative estimate of drug-likeness (QED) is 0.460. The van der Waals surface area contributed by atoms with E-state index in [0.29, 0.717) is 13.0 Å². The number of rotatable bonds is 8. The minimum Gasteiger partial charge on any atom is -0.489 e. The van der Waals surface area contributed by atoms with Crippen molar-refractivity contribution in [2.75, 3.05) is 6.61 Å². The topological polar surface area (TPSA) is 46.5 Å². The lowest BCUT2D eigenvalue weighted by molar-refractivity contribution is -0.137. The largest absolute Gasteiger partial charge is 0.489 e. The number of carbonyl (C=O) groups is 1. The van der Waals surface area contributed by atoms with E-state index in [4.69, 9.17) is 9.84 Å². The third-order valence-electron chi connectivity index (χ3n) is 6.40. The SMILES string of the molecule is O=C(O)CCCc1ccc(OC/C2=C(/c3ccccc3)CCCCCCCCCC2)cc1. The third kappa shape index (κ3) is 8.53. The highest BCUT2D eigenvalue weighted by molar-refractivity contribution is 5.69. The fourth-order valence-electron chi connectivity index (χ4n) is 4.54. The van der Waals surface area contributed by atoms with E-state index < -0.39 is 5.97 Å². The molecule has 0 amide bonds. The maximum absolute atomic E-state index is 10.7. The lowest BCUT2D eigenvalue weighted by atomic mass is 9.91. The molecular formula is C29H38O3. The number of benzene rings is 2. The molecule has 1 N–H and O–H groups in total. The van der Waals surface area contributed by atoms with Crippen molar-refractivity contribution < 1.29 is 14.6 Å². The summed E-state index contributed by atoms with van der Waals surface area (Å²) in [4.78, 5) is 10.7. The van der Waals surface area contributed by atoms with Gasteiger partial charge in [0.05, 0.1) is 0 Å². The Morgan fingerprint density at radius 1 is 0.781 bits per heavy atom. The van der Waals surface area contributed by atoms with Gasteiger partial charge in [-0.05, 0) is 72.9 Å². The summed E-state index contributed by atoms with van der Waals surface area (Å²) >= 11 is 0. The second-order valence-electron chi connectivity index (χ2n) is 8.96. The van der Waals surface area contributed by atoms with Gasteiger partial charge in [0.15, 0.2) is 0 Å². The van der Waals surface area contributed by atoms with Gasteiger partial charge in [-0.3, -0.25) is 4.79 Å². The van der Waals surface area contributed by atoms with E-state index in [9.17, 15) is 4.79 Å². The molecule has 0 fully saturated rings. The maximum atomic E-state index is 10.7. The highest BCUT2D eigenvalue weighted by Gasteiger charge is 2.12. The van der Waals surface area contributed by atoms with Gasteiger partial charge >= 0.3 is 5.97 Å². The predicted molar refractivity (Wildman–Crippen MR) is 132 cm³/mol. The number of aliphatic carboxylic acids is 1. The van der Waals surface area contributed by atoms with Gasteiger partial charge in [-0.15, -0.1) is 0 Å². The molecular weight excluding hydrogens is 396 g/mol. The van der Waals surface area contributed by atoms with Gasteiger partial charge in [0.25, 0.3) is 0 Å². The van der Waals surface area contributed by atoms with E-state index in [2.05, 4.69) is 42.5 Å². The van der Waals surface area contributed by atoms with E-state index in [1.807, 2.05) is 12.1 Å². The Balaban J connectivity index is 1.70. The van der Waals surface area contributed by atoms with Gasteiger partial charge in [0.2, 0.25) is 0 Å². The van der Waals surface area contributed by atoms with E-state index in [-0.39, 0.29) is 6.42 Å². The van der Waals surface area contributed by atoms with Gasteiger partial charge in [-0.2, -0.15) is 0 Å². The first-order valence-electron chi connectivity index (χ1n) is 12.4. The van der Waals surface area contributed by atoms with Crippen molar-refractivity contribution in [3.63, 3.8) is 0 Å². The summed E-state index contributed by atoms with van der Waals surface area (Å²) in [5.74, 6) is 0.155. The van der Waals surface area contributed by atoms with Gasteiger partial charge in [-0.25, -0.2) is 0 Å². The maximum Gasteiger partial charge on any atom is 0.303 e. The van der Waals surface area contributed by atoms with Crippen LogP contribution in [0.3, 0.4) is 0 Å². The van der Waals surface area contributed by atoms with Crippen LogP contribution >= 0.6 is 0 Å². The monoisotopic (exact) mass is 434 g/mol. The molecule has 3 heteroatoms. The minimum absolute atomic E-state index is 0.217. The molecule has 0 saturated heterocycles. The predicted octanol–water partition coefficient (Wildman–Crippen LogP) is 7.84. The molecule has 0 aromatic heterocycles. The molecule has 0 atom stereocenters. The van der Waals surface area contributed by atoms with Crippen LogP contribution in [-0.4, -0.2) is 17.7 Å². The number of carboxylic acid groups (broad SMARTS) is 1. The van der Waals surface area contributed by atoms with Crippen LogP contribution in [-0.2, 0) is 11.2 Å². The second kappa shape index (κ2) is 13.8. The van der Waals surface area contributed by atoms with Crippen LogP contribution in [0.2, 0.25) is 0 Å². The molecule has 3 nitrogen and oxygen atoms in total. The van der Waals surface area contributed by atoms with Crippen LogP contribution in [0, 0.1) is 0 Å². The van der Waals surface area contributed by atoms with E-state index >= 15 is 0 Å². The molecule has 32 heavy (non-hydrogen) atoms. The first-order valence-corrected chi connectivity index (χ1v) is 12.4. The Morgan fingerprint density at radius 3 is 2.06 bits per heavy atom. The van der Waals surface area contributed by atoms with Crippen molar-refractivity contribution in [2.45, 2.75) is 83.5 Å². The highest BCUT2D eigenvalue weighted by Crippen LogP contribution is 2.30. The zero-order valence-corrected chi connectivity index (χ0v) is 19.4. The van der Waals surface area contributed by atoms with Crippen molar-refractivity contribution >= 4 is 11.5 Å². The Hall–Kier alpha value is -2.55. The summed E-state index contributed by atoms with van der Waals surface area (Å²) in [6.45, 7) is 0.641. The Bertz CT molecular complexity index is 836. The highest BCUT2D eigenvalue weighted by atomic mass is 16.5. The molecule has 1 aliphatic rings. The summed E-state index contributed by atoms with van der Waals surface area (Å²) in [6.07, 6.45) is 14.5. The van der Waals surface area contributed by atoms with Crippen molar-refractivity contribution in [1.29, 1.82) is 0 Å². The number of ether oxygens (including phenoxy) is 1. The number of hydrogen-bond donors (Lipinski definition) is 1. The van der Waals surface area contributed by atoms with Crippen molar-refractivity contribution in [2.24, 2.45) is 0 Å². The summed E-state index contributed by atoms with van der Waals surface area (Å²) in [5, 5.41) is 8.81. The third-order valence-corrected chi connectivity index (χ3v) is 6.40. The van der Waals surface area contributed by atoms with Crippen LogP contribution in [0.25, 0.3) is 5.57 Å². The smallest absolute Gasteiger partial charge is 0.303 e. The molecule has 3 rings (SSSR count). The lowest BCUT2D eigenvalue weighted by Gasteiger charge is -2.18. The molecule has 0 unspecified atom stereocenters. The molecule has 0 saturated carbocycles. The summed E-state index contributed by atoms with van der Waals surface area (Å²) in [6, 6.07) is 19.0. The Morgan fingerprint density at radius 2 is 1.41 bits per heavy atom. The average molecular weight is 435 g/mol. The van der Waals surface area contributed by atoms with Crippen LogP contribution in [0.4, 0.5) is 0 Å². The van der Waals surface area contributed by atoms with E-state index in [0.717, 1.165) is 30.6 Å². The summed E-state index contributed by atoms with van der Waals surface area (Å²) < 4.78 is 6.27. The first-order chi connectivity index (χ1) is 15.7. The van der Waals surface area contributed by atoms with Gasteiger partial charge in [0, 0.05) is 6.42 Å². The number of carboxylic acids is 1. The molecule has 172 valence electrons. The lowest BCUT2D eigenvalue weighted by Crippen LogP contribution is -2.06. The molecule has 2 aromatic rings. The fraction of sp³-hybridized carbons (Fsp3) is 0.483. The molecule has 0 heterocycles. The van der Waals surface area contributed by atoms with E-state index in [1.54, 1.807) is 0 Å². The van der Waals surface area contributed by atoms with Gasteiger partial charge in [0.1, 0.15) is 12.4 Å². The fourth-order valence-corrected chi connectivity index (χ4v) is 4.54. The molecule has 0 bridgehead atoms. The molecule has 0 spiro atoms. The zero-order valence-electron chi connectivity index (χ0n) is 19.4. The van der Waals surface area contributed by atoms with Gasteiger partial charge in [-0.1, -0.05) is 81.0 Å². The van der Waals surface area contributed by atoms with E-state index in [1.165, 1.54) is 68.1 Å². The molecule has 0 radical (unpaired) electrons. The summed E-state index contributed by atoms with van der Waals surface area (Å²) in [7, 11) is 0. The summed E-state index contributed by atoms with van der Waals surface area (Å²) in [5.41, 5.74) is 5.43. The Kier molecular flexibility index (Phi) is 10.4. The van der Waals surface area contributed by atoms with Crippen molar-refractivity contribution in [3.05, 3.63) is 71.3 Å². The zero-order chi connectivity index (χ0) is 22.4. The molecule has 0 aliphatic heterocycles. The standard InChI is InChI=1S/C29H38O3/c30-29(31)18-12-13-24-19-21-27(22-20-24)32-23-26-16-8-5-3-1-2-4-6-11-17-28(26)25-14-9-7-10-15-25/h7,9-10,14-15,19-22H,1-6,8,11-13,16-18,23H2,(H,30,31)/b28-26+. The molecule has 2 aromatic carbocycles. The minimum atomic E-state index is -0.732. The Labute approximate surface area is 193 Å². The normalized spacial score (nSPS) is 18.4. The number of hydrogen-bond acceptors (Lipinski definition) is 2. The van der Waals surface area contributed by atoms with Gasteiger partial charge < -0.3 is 9.84 Å². The average Bonchev–Trinajstić information content (AvgIpc) is 2.80. The molecule has 1 aliphatic carbocycles. The van der Waals surface area contributed by atoms with Crippen LogP contribution in [0.5, 0.6) is 5.75 Å². The number of aryl methyl sites for hydroxylation is 1. The number of allylic oxidation sites excluding steroid dienone is 1. The van der Waals surface area contributed by atoms with Crippen molar-refractivity contribution in [3.8, 4) is 5.75 Å². The second-order valence-corrected chi connectivity index (χ2v) is 8.96. The van der Waals surface area contributed by atoms with Crippen LogP contribution in [0.15, 0.2) is 60.2 Å². The van der Waals surface area contributed by atoms with Crippen molar-refractivity contribution in [1.82, 2.24) is 0 Å².